The standard InChI is InChI=1S/C16H14Cl2N2O2/c17-12-5-3-6-13(8-12)20-16(22)9-15(21)19-10-11-4-1-2-7-14(11)18/h1-8H,9-10H2,(H,19,21)(H,20,22). The van der Waals surface area contributed by atoms with Crippen LogP contribution in [-0.4, -0.2) is 11.8 Å². The first kappa shape index (κ1) is 16.3. The first-order valence-corrected chi connectivity index (χ1v) is 7.36. The number of nitrogens with one attached hydrogen (secondary N) is 2. The third-order valence-corrected chi connectivity index (χ3v) is 3.47. The quantitative estimate of drug-likeness (QED) is 0.819. The lowest BCUT2D eigenvalue weighted by Gasteiger charge is -2.08. The van der Waals surface area contributed by atoms with E-state index in [2.05, 4.69) is 10.6 Å². The maximum absolute atomic E-state index is 11.8. The monoisotopic (exact) mass is 336 g/mol. The zero-order valence-corrected chi connectivity index (χ0v) is 13.1. The van der Waals surface area contributed by atoms with Crippen molar-refractivity contribution in [1.82, 2.24) is 5.32 Å². The van der Waals surface area contributed by atoms with E-state index in [0.717, 1.165) is 5.56 Å². The van der Waals surface area contributed by atoms with Crippen LogP contribution in [0.5, 0.6) is 0 Å². The molecule has 114 valence electrons. The highest BCUT2D eigenvalue weighted by molar-refractivity contribution is 6.31. The number of hydrogen-bond donors (Lipinski definition) is 2. The molecule has 0 saturated carbocycles. The minimum Gasteiger partial charge on any atom is -0.352 e. The Kier molecular flexibility index (Phi) is 5.81. The number of carbonyl (C=O) groups excluding carboxylic acids is 2. The zero-order chi connectivity index (χ0) is 15.9. The molecule has 0 unspecified atom stereocenters. The molecule has 0 aromatic heterocycles. The van der Waals surface area contributed by atoms with Crippen molar-refractivity contribution >= 4 is 40.7 Å². The van der Waals surface area contributed by atoms with E-state index in [1.165, 1.54) is 0 Å². The molecule has 2 aromatic rings. The van der Waals surface area contributed by atoms with Gasteiger partial charge in [-0.05, 0) is 29.8 Å². The highest BCUT2D eigenvalue weighted by Gasteiger charge is 2.10. The van der Waals surface area contributed by atoms with Crippen LogP contribution in [-0.2, 0) is 16.1 Å². The van der Waals surface area contributed by atoms with Crippen molar-refractivity contribution in [2.75, 3.05) is 5.32 Å². The fraction of sp³-hybridized carbons (Fsp3) is 0.125. The predicted octanol–water partition coefficient (Wildman–Crippen LogP) is 3.64. The average molecular weight is 337 g/mol. The summed E-state index contributed by atoms with van der Waals surface area (Å²) in [7, 11) is 0. The summed E-state index contributed by atoms with van der Waals surface area (Å²) in [6.45, 7) is 0.281. The third kappa shape index (κ3) is 5.06. The summed E-state index contributed by atoms with van der Waals surface area (Å²) < 4.78 is 0. The molecule has 0 spiro atoms. The fourth-order valence-electron chi connectivity index (χ4n) is 1.82. The van der Waals surface area contributed by atoms with Gasteiger partial charge in [0.2, 0.25) is 11.8 Å². The van der Waals surface area contributed by atoms with Crippen LogP contribution in [0, 0.1) is 0 Å². The van der Waals surface area contributed by atoms with Gasteiger partial charge in [0, 0.05) is 22.3 Å². The molecular weight excluding hydrogens is 323 g/mol. The molecule has 0 saturated heterocycles. The van der Waals surface area contributed by atoms with E-state index in [0.29, 0.717) is 15.7 Å². The zero-order valence-electron chi connectivity index (χ0n) is 11.6. The Morgan fingerprint density at radius 3 is 2.45 bits per heavy atom. The van der Waals surface area contributed by atoms with Gasteiger partial charge in [-0.1, -0.05) is 47.5 Å². The summed E-state index contributed by atoms with van der Waals surface area (Å²) in [5.74, 6) is -0.779. The summed E-state index contributed by atoms with van der Waals surface area (Å²) in [6, 6.07) is 13.9. The Morgan fingerprint density at radius 2 is 1.73 bits per heavy atom. The van der Waals surface area contributed by atoms with Gasteiger partial charge in [0.1, 0.15) is 6.42 Å². The minimum absolute atomic E-state index is 0.267. The van der Waals surface area contributed by atoms with E-state index in [1.54, 1.807) is 30.3 Å². The maximum atomic E-state index is 11.8. The first-order valence-electron chi connectivity index (χ1n) is 6.60. The minimum atomic E-state index is -0.404. The van der Waals surface area contributed by atoms with Crippen LogP contribution >= 0.6 is 23.2 Å². The Balaban J connectivity index is 1.82. The lowest BCUT2D eigenvalue weighted by molar-refractivity contribution is -0.126. The molecule has 2 aromatic carbocycles. The molecule has 0 aliphatic carbocycles. The first-order chi connectivity index (χ1) is 10.5. The molecule has 2 rings (SSSR count). The lowest BCUT2D eigenvalue weighted by Crippen LogP contribution is -2.27. The molecule has 4 nitrogen and oxygen atoms in total. The summed E-state index contributed by atoms with van der Waals surface area (Å²) in [4.78, 5) is 23.5. The van der Waals surface area contributed by atoms with Crippen molar-refractivity contribution in [2.45, 2.75) is 13.0 Å². The van der Waals surface area contributed by atoms with Gasteiger partial charge >= 0.3 is 0 Å². The molecular formula is C16H14Cl2N2O2. The van der Waals surface area contributed by atoms with Gasteiger partial charge in [-0.15, -0.1) is 0 Å². The Hall–Kier alpha value is -2.04. The lowest BCUT2D eigenvalue weighted by atomic mass is 10.2. The van der Waals surface area contributed by atoms with Crippen LogP contribution in [0.25, 0.3) is 0 Å². The van der Waals surface area contributed by atoms with Crippen LogP contribution in [0.15, 0.2) is 48.5 Å². The smallest absolute Gasteiger partial charge is 0.233 e. The van der Waals surface area contributed by atoms with Gasteiger partial charge in [-0.2, -0.15) is 0 Å². The molecule has 2 amide bonds. The van der Waals surface area contributed by atoms with Crippen LogP contribution in [0.4, 0.5) is 5.69 Å². The summed E-state index contributed by atoms with van der Waals surface area (Å²) in [5.41, 5.74) is 1.35. The van der Waals surface area contributed by atoms with E-state index in [9.17, 15) is 9.59 Å². The van der Waals surface area contributed by atoms with Crippen LogP contribution < -0.4 is 10.6 Å². The number of amides is 2. The third-order valence-electron chi connectivity index (χ3n) is 2.86. The summed E-state index contributed by atoms with van der Waals surface area (Å²) in [5, 5.41) is 6.36. The molecule has 0 fully saturated rings. The fourth-order valence-corrected chi connectivity index (χ4v) is 2.21. The molecule has 6 heteroatoms. The van der Waals surface area contributed by atoms with E-state index in [1.807, 2.05) is 18.2 Å². The molecule has 0 heterocycles. The van der Waals surface area contributed by atoms with Gasteiger partial charge in [-0.3, -0.25) is 9.59 Å². The maximum Gasteiger partial charge on any atom is 0.233 e. The van der Waals surface area contributed by atoms with Crippen LogP contribution in [0.1, 0.15) is 12.0 Å². The van der Waals surface area contributed by atoms with Gasteiger partial charge in [0.25, 0.3) is 0 Å². The highest BCUT2D eigenvalue weighted by Crippen LogP contribution is 2.15. The molecule has 0 atom stereocenters. The van der Waals surface area contributed by atoms with E-state index in [-0.39, 0.29) is 18.9 Å². The second kappa shape index (κ2) is 7.82. The summed E-state index contributed by atoms with van der Waals surface area (Å²) >= 11 is 11.8. The van der Waals surface area contributed by atoms with Crippen molar-refractivity contribution in [3.8, 4) is 0 Å². The molecule has 0 aliphatic rings. The Labute approximate surface area is 138 Å². The van der Waals surface area contributed by atoms with E-state index in [4.69, 9.17) is 23.2 Å². The predicted molar refractivity (Wildman–Crippen MR) is 88.0 cm³/mol. The normalized spacial score (nSPS) is 10.1. The summed E-state index contributed by atoms with van der Waals surface area (Å²) in [6.07, 6.45) is -0.267. The molecule has 22 heavy (non-hydrogen) atoms. The topological polar surface area (TPSA) is 58.2 Å². The van der Waals surface area contributed by atoms with E-state index >= 15 is 0 Å². The molecule has 0 radical (unpaired) electrons. The largest absolute Gasteiger partial charge is 0.352 e. The van der Waals surface area contributed by atoms with Gasteiger partial charge in [0.15, 0.2) is 0 Å². The SMILES string of the molecule is O=C(CC(=O)Nc1cccc(Cl)c1)NCc1ccccc1Cl. The Morgan fingerprint density at radius 1 is 0.955 bits per heavy atom. The van der Waals surface area contributed by atoms with Gasteiger partial charge in [-0.25, -0.2) is 0 Å². The Bertz CT molecular complexity index is 689. The van der Waals surface area contributed by atoms with Crippen molar-refractivity contribution < 1.29 is 9.59 Å². The number of halogens is 2. The second-order valence-corrected chi connectivity index (χ2v) is 5.45. The van der Waals surface area contributed by atoms with Gasteiger partial charge in [0.05, 0.1) is 0 Å². The van der Waals surface area contributed by atoms with Gasteiger partial charge < -0.3 is 10.6 Å². The number of hydrogen-bond acceptors (Lipinski definition) is 2. The van der Waals surface area contributed by atoms with E-state index < -0.39 is 5.91 Å². The van der Waals surface area contributed by atoms with Crippen molar-refractivity contribution in [2.24, 2.45) is 0 Å². The highest BCUT2D eigenvalue weighted by atomic mass is 35.5. The molecule has 0 bridgehead atoms. The molecule has 2 N–H and O–H groups in total. The second-order valence-electron chi connectivity index (χ2n) is 4.60. The van der Waals surface area contributed by atoms with Crippen molar-refractivity contribution in [1.29, 1.82) is 0 Å². The number of anilines is 1. The molecule has 0 aliphatic heterocycles. The van der Waals surface area contributed by atoms with Crippen molar-refractivity contribution in [3.05, 3.63) is 64.1 Å². The van der Waals surface area contributed by atoms with Crippen LogP contribution in [0.3, 0.4) is 0 Å². The number of rotatable bonds is 5. The van der Waals surface area contributed by atoms with Crippen LogP contribution in [0.2, 0.25) is 10.0 Å². The van der Waals surface area contributed by atoms with Crippen molar-refractivity contribution in [3.63, 3.8) is 0 Å². The average Bonchev–Trinajstić information content (AvgIpc) is 2.46. The number of benzene rings is 2. The number of carbonyl (C=O) groups is 2.